The molecular weight excluding hydrogens is 280 g/mol. The summed E-state index contributed by atoms with van der Waals surface area (Å²) in [7, 11) is 0. The normalized spacial score (nSPS) is 12.0. The number of rotatable bonds is 5. The van der Waals surface area contributed by atoms with E-state index in [9.17, 15) is 4.79 Å². The number of hydrogen-bond donors (Lipinski definition) is 0. The molecule has 0 saturated heterocycles. The van der Waals surface area contributed by atoms with Crippen LogP contribution in [0.15, 0.2) is 72.8 Å². The lowest BCUT2D eigenvalue weighted by Gasteiger charge is -2.05. The van der Waals surface area contributed by atoms with Crippen molar-refractivity contribution in [2.45, 2.75) is 32.6 Å². The van der Waals surface area contributed by atoms with E-state index in [1.807, 2.05) is 61.5 Å². The maximum atomic E-state index is 11.5. The minimum Gasteiger partial charge on any atom is -0.299 e. The maximum absolute atomic E-state index is 11.5. The Kier molecular flexibility index (Phi) is 6.56. The molecule has 1 aliphatic carbocycles. The largest absolute Gasteiger partial charge is 0.299 e. The van der Waals surface area contributed by atoms with Crippen LogP contribution >= 0.6 is 0 Å². The van der Waals surface area contributed by atoms with Gasteiger partial charge in [0.15, 0.2) is 0 Å². The molecule has 0 atom stereocenters. The van der Waals surface area contributed by atoms with Gasteiger partial charge in [-0.25, -0.2) is 0 Å². The van der Waals surface area contributed by atoms with Crippen molar-refractivity contribution in [3.05, 3.63) is 83.9 Å². The minimum atomic E-state index is 0.341. The van der Waals surface area contributed by atoms with Crippen molar-refractivity contribution in [1.82, 2.24) is 0 Å². The zero-order valence-electron chi connectivity index (χ0n) is 13.8. The molecule has 0 heterocycles. The molecule has 0 radical (unpaired) electrons. The maximum Gasteiger partial charge on any atom is 0.137 e. The van der Waals surface area contributed by atoms with Gasteiger partial charge in [-0.3, -0.25) is 4.79 Å². The van der Waals surface area contributed by atoms with Crippen LogP contribution in [0.3, 0.4) is 0 Å². The summed E-state index contributed by atoms with van der Waals surface area (Å²) in [5.41, 5.74) is 5.16. The summed E-state index contributed by atoms with van der Waals surface area (Å²) < 4.78 is 0. The molecular formula is C22H24O. The molecule has 0 bridgehead atoms. The van der Waals surface area contributed by atoms with Gasteiger partial charge in [0.1, 0.15) is 5.78 Å². The van der Waals surface area contributed by atoms with Crippen molar-refractivity contribution in [3.8, 4) is 0 Å². The first-order chi connectivity index (χ1) is 11.2. The average molecular weight is 304 g/mol. The van der Waals surface area contributed by atoms with Crippen molar-refractivity contribution >= 4 is 17.4 Å². The highest BCUT2D eigenvalue weighted by atomic mass is 16.1. The molecule has 23 heavy (non-hydrogen) atoms. The second-order valence-corrected chi connectivity index (χ2v) is 5.63. The summed E-state index contributed by atoms with van der Waals surface area (Å²) in [5.74, 6) is 0.341. The Morgan fingerprint density at radius 2 is 1.57 bits per heavy atom. The highest BCUT2D eigenvalue weighted by Crippen LogP contribution is 2.38. The van der Waals surface area contributed by atoms with E-state index >= 15 is 0 Å². The van der Waals surface area contributed by atoms with Crippen LogP contribution in [0.5, 0.6) is 0 Å². The molecule has 0 spiro atoms. The first-order valence-electron chi connectivity index (χ1n) is 8.20. The van der Waals surface area contributed by atoms with Gasteiger partial charge < -0.3 is 0 Å². The van der Waals surface area contributed by atoms with Gasteiger partial charge in [-0.1, -0.05) is 85.8 Å². The smallest absolute Gasteiger partial charge is 0.137 e. The van der Waals surface area contributed by atoms with Gasteiger partial charge in [0, 0.05) is 12.8 Å². The number of hydrogen-bond acceptors (Lipinski definition) is 1. The molecule has 0 amide bonds. The highest BCUT2D eigenvalue weighted by Gasteiger charge is 2.20. The fraction of sp³-hybridized carbons (Fsp3) is 0.227. The van der Waals surface area contributed by atoms with Crippen LogP contribution in [-0.4, -0.2) is 5.78 Å². The summed E-state index contributed by atoms with van der Waals surface area (Å²) >= 11 is 0. The van der Waals surface area contributed by atoms with Gasteiger partial charge in [-0.15, -0.1) is 0 Å². The monoisotopic (exact) mass is 304 g/mol. The van der Waals surface area contributed by atoms with Crippen LogP contribution in [0.25, 0.3) is 11.6 Å². The molecule has 1 aliphatic rings. The van der Waals surface area contributed by atoms with E-state index < -0.39 is 0 Å². The zero-order valence-corrected chi connectivity index (χ0v) is 13.8. The predicted molar refractivity (Wildman–Crippen MR) is 99.0 cm³/mol. The lowest BCUT2D eigenvalue weighted by Crippen LogP contribution is -1.97. The van der Waals surface area contributed by atoms with Crippen molar-refractivity contribution in [2.24, 2.45) is 0 Å². The van der Waals surface area contributed by atoms with E-state index in [2.05, 4.69) is 18.7 Å². The van der Waals surface area contributed by atoms with Crippen LogP contribution in [0.1, 0.15) is 43.7 Å². The van der Waals surface area contributed by atoms with E-state index in [0.717, 1.165) is 0 Å². The third kappa shape index (κ3) is 5.71. The van der Waals surface area contributed by atoms with Crippen LogP contribution < -0.4 is 0 Å². The Hall–Kier alpha value is -2.41. The Balaban J connectivity index is 0.000000203. The van der Waals surface area contributed by atoms with Gasteiger partial charge in [0.2, 0.25) is 0 Å². The van der Waals surface area contributed by atoms with E-state index in [1.165, 1.54) is 35.1 Å². The predicted octanol–water partition coefficient (Wildman–Crippen LogP) is 5.93. The summed E-state index contributed by atoms with van der Waals surface area (Å²) in [6.07, 6.45) is 5.46. The molecule has 2 aromatic rings. The van der Waals surface area contributed by atoms with Crippen LogP contribution in [0.2, 0.25) is 0 Å². The van der Waals surface area contributed by atoms with Gasteiger partial charge >= 0.3 is 0 Å². The molecule has 1 saturated carbocycles. The molecule has 1 heteroatoms. The van der Waals surface area contributed by atoms with E-state index in [0.29, 0.717) is 18.6 Å². The fourth-order valence-corrected chi connectivity index (χ4v) is 2.35. The summed E-state index contributed by atoms with van der Waals surface area (Å²) in [6.45, 7) is 5.56. The number of allylic oxidation sites excluding steroid dienone is 2. The topological polar surface area (TPSA) is 17.1 Å². The summed E-state index contributed by atoms with van der Waals surface area (Å²) in [5, 5.41) is 0. The Labute approximate surface area is 139 Å². The fourth-order valence-electron chi connectivity index (χ4n) is 2.35. The lowest BCUT2D eigenvalue weighted by atomic mass is 9.99. The molecule has 0 unspecified atom stereocenters. The molecule has 1 fully saturated rings. The van der Waals surface area contributed by atoms with Gasteiger partial charge in [0.25, 0.3) is 0 Å². The van der Waals surface area contributed by atoms with Crippen molar-refractivity contribution in [2.75, 3.05) is 0 Å². The zero-order chi connectivity index (χ0) is 16.5. The average Bonchev–Trinajstić information content (AvgIpc) is 3.46. The van der Waals surface area contributed by atoms with E-state index in [-0.39, 0.29) is 0 Å². The number of Topliss-reactive ketones (excluding diaryl/α,β-unsaturated/α-hetero) is 1. The first-order valence-corrected chi connectivity index (χ1v) is 8.20. The van der Waals surface area contributed by atoms with Crippen LogP contribution in [-0.2, 0) is 4.79 Å². The quantitative estimate of drug-likeness (QED) is 0.668. The first kappa shape index (κ1) is 17.0. The Bertz CT molecular complexity index is 660. The second kappa shape index (κ2) is 8.89. The number of carbonyl (C=O) groups excluding carboxylic acids is 1. The summed E-state index contributed by atoms with van der Waals surface area (Å²) in [4.78, 5) is 11.5. The van der Waals surface area contributed by atoms with Crippen molar-refractivity contribution in [1.29, 1.82) is 0 Å². The number of ketones is 1. The molecule has 0 aliphatic heterocycles. The number of carbonyl (C=O) groups is 1. The van der Waals surface area contributed by atoms with Gasteiger partial charge in [-0.2, -0.15) is 0 Å². The Morgan fingerprint density at radius 1 is 1.00 bits per heavy atom. The van der Waals surface area contributed by atoms with Crippen LogP contribution in [0, 0.1) is 0 Å². The standard InChI is InChI=1S/C14H16O.C8H8/c1-2-13(15)10-14(12-8-9-12)11-6-4-3-5-7-11;1-2-8-6-4-3-5-7-8/h3-7H,2,8-10H2,1H3;2-7H,1H2. The number of benzene rings is 2. The SMILES string of the molecule is C=Cc1ccccc1.CCC(=O)CC(=C1CC1)c1ccccc1. The van der Waals surface area contributed by atoms with E-state index in [4.69, 9.17) is 0 Å². The second-order valence-electron chi connectivity index (χ2n) is 5.63. The van der Waals surface area contributed by atoms with E-state index in [1.54, 1.807) is 0 Å². The Morgan fingerprint density at radius 3 is 2.00 bits per heavy atom. The minimum absolute atomic E-state index is 0.341. The lowest BCUT2D eigenvalue weighted by molar-refractivity contribution is -0.117. The van der Waals surface area contributed by atoms with Crippen LogP contribution in [0.4, 0.5) is 0 Å². The van der Waals surface area contributed by atoms with Gasteiger partial charge in [0.05, 0.1) is 0 Å². The molecule has 0 aromatic heterocycles. The third-order valence-corrected chi connectivity index (χ3v) is 3.85. The van der Waals surface area contributed by atoms with Crippen molar-refractivity contribution in [3.63, 3.8) is 0 Å². The third-order valence-electron chi connectivity index (χ3n) is 3.85. The molecule has 0 N–H and O–H groups in total. The highest BCUT2D eigenvalue weighted by molar-refractivity contribution is 5.91. The molecule has 3 rings (SSSR count). The van der Waals surface area contributed by atoms with Gasteiger partial charge in [-0.05, 0) is 29.5 Å². The van der Waals surface area contributed by atoms with Crippen molar-refractivity contribution < 1.29 is 4.79 Å². The molecule has 1 nitrogen and oxygen atoms in total. The molecule has 2 aromatic carbocycles. The molecule has 118 valence electrons. The summed E-state index contributed by atoms with van der Waals surface area (Å²) in [6, 6.07) is 20.3.